The van der Waals surface area contributed by atoms with E-state index in [1.54, 1.807) is 4.57 Å². The van der Waals surface area contributed by atoms with Gasteiger partial charge >= 0.3 is 11.9 Å². The molecule has 0 aromatic carbocycles. The molecule has 0 fully saturated rings. The number of carboxylic acid groups (broad SMARTS) is 2. The maximum Gasteiger partial charge on any atom is 0.344 e. The predicted octanol–water partition coefficient (Wildman–Crippen LogP) is 1.22. The number of carboxylic acids is 2. The highest BCUT2D eigenvalue weighted by molar-refractivity contribution is 7.20. The van der Waals surface area contributed by atoms with Gasteiger partial charge in [-0.1, -0.05) is 5.16 Å². The van der Waals surface area contributed by atoms with Crippen molar-refractivity contribution in [1.82, 2.24) is 4.57 Å². The second-order valence-electron chi connectivity index (χ2n) is 4.23. The summed E-state index contributed by atoms with van der Waals surface area (Å²) < 4.78 is 1.67. The predicted molar refractivity (Wildman–Crippen MR) is 79.9 cm³/mol. The first-order chi connectivity index (χ1) is 10.4. The molecule has 0 saturated carbocycles. The van der Waals surface area contributed by atoms with Gasteiger partial charge in [0.25, 0.3) is 0 Å². The molecule has 0 atom stereocenters. The summed E-state index contributed by atoms with van der Waals surface area (Å²) in [5.41, 5.74) is -0.854. The van der Waals surface area contributed by atoms with Crippen molar-refractivity contribution in [3.05, 3.63) is 32.9 Å². The number of oxime groups is 1. The lowest BCUT2D eigenvalue weighted by molar-refractivity contribution is -0.142. The number of rotatable bonds is 6. The summed E-state index contributed by atoms with van der Waals surface area (Å²) in [5.74, 6) is -2.43. The summed E-state index contributed by atoms with van der Waals surface area (Å²) in [6, 6.07) is 1.51. The van der Waals surface area contributed by atoms with E-state index in [4.69, 9.17) is 10.2 Å². The first-order valence-electron chi connectivity index (χ1n) is 6.21. The van der Waals surface area contributed by atoms with E-state index < -0.39 is 24.0 Å². The molecule has 0 amide bonds. The third-order valence-corrected chi connectivity index (χ3v) is 3.89. The summed E-state index contributed by atoms with van der Waals surface area (Å²) in [7, 11) is 0. The van der Waals surface area contributed by atoms with Crippen LogP contribution in [0, 0.1) is 0 Å². The Labute approximate surface area is 127 Å². The number of aromatic nitrogens is 1. The van der Waals surface area contributed by atoms with Crippen molar-refractivity contribution in [3.63, 3.8) is 0 Å². The van der Waals surface area contributed by atoms with Crippen LogP contribution in [0.5, 0.6) is 0 Å². The molecular weight excluding hydrogens is 312 g/mol. The molecule has 0 aliphatic carbocycles. The van der Waals surface area contributed by atoms with Gasteiger partial charge in [-0.25, -0.2) is 9.59 Å². The molecule has 0 spiro atoms. The Bertz CT molecular complexity index is 820. The van der Waals surface area contributed by atoms with Gasteiger partial charge in [0.05, 0.1) is 16.5 Å². The van der Waals surface area contributed by atoms with E-state index in [9.17, 15) is 14.4 Å². The van der Waals surface area contributed by atoms with Gasteiger partial charge in [0, 0.05) is 12.7 Å². The minimum Gasteiger partial charge on any atom is -0.479 e. The number of nitrogens with zero attached hydrogens (tertiary/aromatic N) is 2. The van der Waals surface area contributed by atoms with E-state index in [1.807, 2.05) is 6.92 Å². The molecule has 2 aromatic heterocycles. The molecule has 8 nitrogen and oxygen atoms in total. The van der Waals surface area contributed by atoms with Gasteiger partial charge in [-0.3, -0.25) is 4.79 Å². The first kappa shape index (κ1) is 15.7. The number of carbonyl (C=O) groups is 2. The third-order valence-electron chi connectivity index (χ3n) is 2.78. The number of pyridine rings is 1. The fourth-order valence-electron chi connectivity index (χ4n) is 1.83. The van der Waals surface area contributed by atoms with Gasteiger partial charge in [-0.2, -0.15) is 0 Å². The molecule has 0 saturated heterocycles. The topological polar surface area (TPSA) is 118 Å². The summed E-state index contributed by atoms with van der Waals surface area (Å²) >= 11 is 1.24. The Morgan fingerprint density at radius 2 is 2.18 bits per heavy atom. The van der Waals surface area contributed by atoms with Gasteiger partial charge in [0.2, 0.25) is 12.0 Å². The fourth-order valence-corrected chi connectivity index (χ4v) is 2.88. The van der Waals surface area contributed by atoms with E-state index in [2.05, 4.69) is 9.99 Å². The highest BCUT2D eigenvalue weighted by atomic mass is 32.1. The molecule has 2 aromatic rings. The first-order valence-corrected chi connectivity index (χ1v) is 7.03. The summed E-state index contributed by atoms with van der Waals surface area (Å²) in [4.78, 5) is 39.2. The lowest BCUT2D eigenvalue weighted by Gasteiger charge is -2.05. The average molecular weight is 324 g/mol. The van der Waals surface area contributed by atoms with Gasteiger partial charge in [-0.15, -0.1) is 11.3 Å². The lowest BCUT2D eigenvalue weighted by Crippen LogP contribution is -2.17. The number of fused-ring (bicyclic) bond motifs is 1. The van der Waals surface area contributed by atoms with E-state index in [0.717, 1.165) is 0 Å². The highest BCUT2D eigenvalue weighted by Gasteiger charge is 2.16. The van der Waals surface area contributed by atoms with Gasteiger partial charge in [0.1, 0.15) is 10.4 Å². The highest BCUT2D eigenvalue weighted by Crippen LogP contribution is 2.23. The number of aryl methyl sites for hydroxylation is 1. The molecular formula is C13H12N2O6S. The molecule has 22 heavy (non-hydrogen) atoms. The monoisotopic (exact) mass is 324 g/mol. The molecule has 116 valence electrons. The molecule has 0 unspecified atom stereocenters. The molecule has 0 radical (unpaired) electrons. The standard InChI is InChI=1S/C13H12N2O6S/c1-2-15-5-9(13(19)20)11(18)8-3-7(22-12(8)15)4-14-21-6-10(16)17/h3-5H,2,6H2,1H3,(H,16,17)(H,19,20)/b14-4-. The zero-order chi connectivity index (χ0) is 16.3. The van der Waals surface area contributed by atoms with Crippen LogP contribution in [0.2, 0.25) is 0 Å². The van der Waals surface area contributed by atoms with Crippen molar-refractivity contribution in [3.8, 4) is 0 Å². The Morgan fingerprint density at radius 3 is 2.77 bits per heavy atom. The van der Waals surface area contributed by atoms with Crippen molar-refractivity contribution in [1.29, 1.82) is 0 Å². The van der Waals surface area contributed by atoms with E-state index in [-0.39, 0.29) is 10.9 Å². The second kappa shape index (κ2) is 6.39. The average Bonchev–Trinajstić information content (AvgIpc) is 2.88. The summed E-state index contributed by atoms with van der Waals surface area (Å²) in [5, 5.41) is 21.3. The minimum absolute atomic E-state index is 0.284. The van der Waals surface area contributed by atoms with Crippen LogP contribution in [-0.4, -0.2) is 39.5 Å². The van der Waals surface area contributed by atoms with Crippen LogP contribution in [-0.2, 0) is 16.2 Å². The quantitative estimate of drug-likeness (QED) is 0.609. The molecule has 9 heteroatoms. The number of aliphatic carboxylic acids is 1. The summed E-state index contributed by atoms with van der Waals surface area (Å²) in [6.07, 6.45) is 2.60. The van der Waals surface area contributed by atoms with Crippen LogP contribution < -0.4 is 5.43 Å². The Balaban J connectivity index is 2.45. The van der Waals surface area contributed by atoms with Crippen molar-refractivity contribution >= 4 is 39.7 Å². The maximum absolute atomic E-state index is 12.1. The van der Waals surface area contributed by atoms with E-state index >= 15 is 0 Å². The van der Waals surface area contributed by atoms with Crippen LogP contribution in [0.3, 0.4) is 0 Å². The Hall–Kier alpha value is -2.68. The van der Waals surface area contributed by atoms with Crippen LogP contribution in [0.15, 0.2) is 22.2 Å². The summed E-state index contributed by atoms with van der Waals surface area (Å²) in [6.45, 7) is 1.77. The van der Waals surface area contributed by atoms with Gasteiger partial charge in [0.15, 0.2) is 0 Å². The Kier molecular flexibility index (Phi) is 4.56. The van der Waals surface area contributed by atoms with E-state index in [0.29, 0.717) is 16.3 Å². The van der Waals surface area contributed by atoms with Crippen LogP contribution in [0.25, 0.3) is 10.2 Å². The van der Waals surface area contributed by atoms with Crippen LogP contribution in [0.4, 0.5) is 0 Å². The van der Waals surface area contributed by atoms with Crippen LogP contribution >= 0.6 is 11.3 Å². The van der Waals surface area contributed by atoms with Crippen molar-refractivity contribution in [2.75, 3.05) is 6.61 Å². The fraction of sp³-hybridized carbons (Fsp3) is 0.231. The van der Waals surface area contributed by atoms with Gasteiger partial charge < -0.3 is 19.6 Å². The zero-order valence-corrected chi connectivity index (χ0v) is 12.3. The van der Waals surface area contributed by atoms with Crippen LogP contribution in [0.1, 0.15) is 22.2 Å². The molecule has 2 heterocycles. The second-order valence-corrected chi connectivity index (χ2v) is 5.29. The maximum atomic E-state index is 12.1. The largest absolute Gasteiger partial charge is 0.479 e. The number of hydrogen-bond donors (Lipinski definition) is 2. The SMILES string of the molecule is CCn1cc(C(=O)O)c(=O)c2cc(/C=N\OCC(=O)O)sc21. The molecule has 0 aliphatic rings. The number of hydrogen-bond acceptors (Lipinski definition) is 6. The number of thiophene rings is 1. The molecule has 0 bridgehead atoms. The zero-order valence-electron chi connectivity index (χ0n) is 11.5. The minimum atomic E-state index is -1.28. The Morgan fingerprint density at radius 1 is 1.45 bits per heavy atom. The van der Waals surface area contributed by atoms with Crippen molar-refractivity contribution in [2.45, 2.75) is 13.5 Å². The molecule has 2 N–H and O–H groups in total. The molecule has 2 rings (SSSR count). The van der Waals surface area contributed by atoms with Crippen molar-refractivity contribution in [2.24, 2.45) is 5.16 Å². The smallest absolute Gasteiger partial charge is 0.344 e. The third kappa shape index (κ3) is 3.14. The molecule has 0 aliphatic heterocycles. The number of aromatic carboxylic acids is 1. The van der Waals surface area contributed by atoms with E-state index in [1.165, 1.54) is 29.8 Å². The lowest BCUT2D eigenvalue weighted by atomic mass is 10.2. The normalized spacial score (nSPS) is 11.1. The van der Waals surface area contributed by atoms with Gasteiger partial charge in [-0.05, 0) is 13.0 Å². The van der Waals surface area contributed by atoms with Crippen molar-refractivity contribution < 1.29 is 24.6 Å².